The SMILES string of the molecule is CNc1cc(NCCOc2ccccc2)ncn1. The number of anilines is 2. The summed E-state index contributed by atoms with van der Waals surface area (Å²) in [6.07, 6.45) is 1.52. The molecule has 0 spiro atoms. The molecule has 0 bridgehead atoms. The maximum absolute atomic E-state index is 5.56. The van der Waals surface area contributed by atoms with Crippen LogP contribution in [0.2, 0.25) is 0 Å². The first kappa shape index (κ1) is 12.2. The Hall–Kier alpha value is -2.30. The van der Waals surface area contributed by atoms with Crippen molar-refractivity contribution in [3.63, 3.8) is 0 Å². The van der Waals surface area contributed by atoms with E-state index in [0.29, 0.717) is 13.2 Å². The van der Waals surface area contributed by atoms with Crippen molar-refractivity contribution >= 4 is 11.6 Å². The molecule has 0 saturated carbocycles. The van der Waals surface area contributed by atoms with Crippen LogP contribution in [0, 0.1) is 0 Å². The fourth-order valence-electron chi connectivity index (χ4n) is 1.46. The van der Waals surface area contributed by atoms with Crippen molar-refractivity contribution in [3.8, 4) is 5.75 Å². The van der Waals surface area contributed by atoms with E-state index in [1.165, 1.54) is 6.33 Å². The molecule has 94 valence electrons. The van der Waals surface area contributed by atoms with Gasteiger partial charge in [-0.2, -0.15) is 0 Å². The molecule has 5 nitrogen and oxygen atoms in total. The van der Waals surface area contributed by atoms with Crippen molar-refractivity contribution in [2.75, 3.05) is 30.8 Å². The lowest BCUT2D eigenvalue weighted by Crippen LogP contribution is -2.12. The van der Waals surface area contributed by atoms with Crippen LogP contribution in [-0.2, 0) is 0 Å². The van der Waals surface area contributed by atoms with Crippen molar-refractivity contribution in [1.82, 2.24) is 9.97 Å². The molecule has 1 aromatic carbocycles. The predicted molar refractivity (Wildman–Crippen MR) is 72.0 cm³/mol. The van der Waals surface area contributed by atoms with E-state index in [1.54, 1.807) is 0 Å². The molecule has 18 heavy (non-hydrogen) atoms. The third kappa shape index (κ3) is 3.62. The number of hydrogen-bond donors (Lipinski definition) is 2. The van der Waals surface area contributed by atoms with Gasteiger partial charge in [0.05, 0.1) is 6.54 Å². The summed E-state index contributed by atoms with van der Waals surface area (Å²) in [5, 5.41) is 6.13. The molecule has 0 atom stereocenters. The highest BCUT2D eigenvalue weighted by Crippen LogP contribution is 2.09. The Kier molecular flexibility index (Phi) is 4.35. The van der Waals surface area contributed by atoms with Crippen molar-refractivity contribution in [2.24, 2.45) is 0 Å². The van der Waals surface area contributed by atoms with Gasteiger partial charge in [-0.25, -0.2) is 9.97 Å². The fourth-order valence-corrected chi connectivity index (χ4v) is 1.46. The number of hydrogen-bond acceptors (Lipinski definition) is 5. The smallest absolute Gasteiger partial charge is 0.131 e. The number of nitrogens with one attached hydrogen (secondary N) is 2. The third-order valence-electron chi connectivity index (χ3n) is 2.34. The molecule has 0 radical (unpaired) electrons. The predicted octanol–water partition coefficient (Wildman–Crippen LogP) is 2.01. The number of benzene rings is 1. The number of rotatable bonds is 6. The molecule has 0 aliphatic rings. The number of para-hydroxylation sites is 1. The van der Waals surface area contributed by atoms with Crippen LogP contribution in [-0.4, -0.2) is 30.2 Å². The molecular formula is C13H16N4O. The summed E-state index contributed by atoms with van der Waals surface area (Å²) in [4.78, 5) is 8.15. The third-order valence-corrected chi connectivity index (χ3v) is 2.34. The zero-order valence-corrected chi connectivity index (χ0v) is 10.3. The monoisotopic (exact) mass is 244 g/mol. The lowest BCUT2D eigenvalue weighted by atomic mass is 10.3. The van der Waals surface area contributed by atoms with Gasteiger partial charge in [-0.15, -0.1) is 0 Å². The minimum Gasteiger partial charge on any atom is -0.492 e. The maximum atomic E-state index is 5.56. The summed E-state index contributed by atoms with van der Waals surface area (Å²) >= 11 is 0. The highest BCUT2D eigenvalue weighted by Gasteiger charge is 1.96. The Morgan fingerprint density at radius 3 is 2.67 bits per heavy atom. The molecule has 0 saturated heterocycles. The molecule has 1 aromatic heterocycles. The quantitative estimate of drug-likeness (QED) is 0.761. The van der Waals surface area contributed by atoms with E-state index in [4.69, 9.17) is 4.74 Å². The molecule has 0 fully saturated rings. The van der Waals surface area contributed by atoms with E-state index in [0.717, 1.165) is 17.4 Å². The average Bonchev–Trinajstić information content (AvgIpc) is 2.45. The van der Waals surface area contributed by atoms with Crippen LogP contribution in [0.3, 0.4) is 0 Å². The van der Waals surface area contributed by atoms with Gasteiger partial charge in [-0.05, 0) is 12.1 Å². The van der Waals surface area contributed by atoms with Crippen LogP contribution >= 0.6 is 0 Å². The minimum atomic E-state index is 0.586. The van der Waals surface area contributed by atoms with Gasteiger partial charge < -0.3 is 15.4 Å². The zero-order chi connectivity index (χ0) is 12.6. The van der Waals surface area contributed by atoms with Gasteiger partial charge in [0.2, 0.25) is 0 Å². The molecule has 2 aromatic rings. The zero-order valence-electron chi connectivity index (χ0n) is 10.3. The van der Waals surface area contributed by atoms with Gasteiger partial charge in [-0.3, -0.25) is 0 Å². The van der Waals surface area contributed by atoms with E-state index in [9.17, 15) is 0 Å². The molecular weight excluding hydrogens is 228 g/mol. The highest BCUT2D eigenvalue weighted by molar-refractivity contribution is 5.45. The first-order valence-electron chi connectivity index (χ1n) is 5.80. The van der Waals surface area contributed by atoms with Gasteiger partial charge in [-0.1, -0.05) is 18.2 Å². The normalized spacial score (nSPS) is 9.83. The maximum Gasteiger partial charge on any atom is 0.131 e. The fraction of sp³-hybridized carbons (Fsp3) is 0.231. The van der Waals surface area contributed by atoms with E-state index >= 15 is 0 Å². The van der Waals surface area contributed by atoms with Crippen LogP contribution in [0.25, 0.3) is 0 Å². The first-order valence-corrected chi connectivity index (χ1v) is 5.80. The largest absolute Gasteiger partial charge is 0.492 e. The number of aromatic nitrogens is 2. The van der Waals surface area contributed by atoms with Crippen LogP contribution < -0.4 is 15.4 Å². The van der Waals surface area contributed by atoms with Crippen molar-refractivity contribution in [2.45, 2.75) is 0 Å². The minimum absolute atomic E-state index is 0.586. The molecule has 0 amide bonds. The molecule has 1 heterocycles. The molecule has 2 rings (SSSR count). The Labute approximate surface area is 106 Å². The van der Waals surface area contributed by atoms with Crippen molar-refractivity contribution in [1.29, 1.82) is 0 Å². The molecule has 0 unspecified atom stereocenters. The van der Waals surface area contributed by atoms with E-state index in [1.807, 2.05) is 43.4 Å². The first-order chi connectivity index (χ1) is 8.88. The molecule has 2 N–H and O–H groups in total. The lowest BCUT2D eigenvalue weighted by Gasteiger charge is -2.08. The van der Waals surface area contributed by atoms with Crippen LogP contribution in [0.15, 0.2) is 42.7 Å². The highest BCUT2D eigenvalue weighted by atomic mass is 16.5. The van der Waals surface area contributed by atoms with Crippen LogP contribution in [0.1, 0.15) is 0 Å². The Morgan fingerprint density at radius 2 is 1.89 bits per heavy atom. The summed E-state index contributed by atoms with van der Waals surface area (Å²) in [7, 11) is 1.82. The molecule has 5 heteroatoms. The van der Waals surface area contributed by atoms with E-state index < -0.39 is 0 Å². The van der Waals surface area contributed by atoms with Gasteiger partial charge in [0, 0.05) is 13.1 Å². The van der Waals surface area contributed by atoms with Crippen LogP contribution in [0.4, 0.5) is 11.6 Å². The summed E-state index contributed by atoms with van der Waals surface area (Å²) < 4.78 is 5.56. The second-order valence-corrected chi connectivity index (χ2v) is 3.63. The Bertz CT molecular complexity index is 475. The summed E-state index contributed by atoms with van der Waals surface area (Å²) in [5.74, 6) is 2.44. The Morgan fingerprint density at radius 1 is 1.11 bits per heavy atom. The van der Waals surface area contributed by atoms with Crippen LogP contribution in [0.5, 0.6) is 5.75 Å². The number of ether oxygens (including phenoxy) is 1. The summed E-state index contributed by atoms with van der Waals surface area (Å²) in [6, 6.07) is 11.6. The van der Waals surface area contributed by atoms with E-state index in [-0.39, 0.29) is 0 Å². The van der Waals surface area contributed by atoms with Crippen molar-refractivity contribution in [3.05, 3.63) is 42.7 Å². The van der Waals surface area contributed by atoms with Gasteiger partial charge >= 0.3 is 0 Å². The standard InChI is InChI=1S/C13H16N4O/c1-14-12-9-13(17-10-16-12)15-7-8-18-11-5-3-2-4-6-11/h2-6,9-10H,7-8H2,1H3,(H2,14,15,16,17). The van der Waals surface area contributed by atoms with Gasteiger partial charge in [0.1, 0.15) is 30.3 Å². The van der Waals surface area contributed by atoms with E-state index in [2.05, 4.69) is 20.6 Å². The summed E-state index contributed by atoms with van der Waals surface area (Å²) in [6.45, 7) is 1.28. The average molecular weight is 244 g/mol. The van der Waals surface area contributed by atoms with Gasteiger partial charge in [0.15, 0.2) is 0 Å². The summed E-state index contributed by atoms with van der Waals surface area (Å²) in [5.41, 5.74) is 0. The second-order valence-electron chi connectivity index (χ2n) is 3.63. The molecule has 0 aliphatic heterocycles. The molecule has 0 aliphatic carbocycles. The lowest BCUT2D eigenvalue weighted by molar-refractivity contribution is 0.333. The topological polar surface area (TPSA) is 59.1 Å². The number of nitrogens with zero attached hydrogens (tertiary/aromatic N) is 2. The Balaban J connectivity index is 1.75. The van der Waals surface area contributed by atoms with Crippen molar-refractivity contribution < 1.29 is 4.74 Å². The van der Waals surface area contributed by atoms with Gasteiger partial charge in [0.25, 0.3) is 0 Å². The second kappa shape index (κ2) is 6.44.